The summed E-state index contributed by atoms with van der Waals surface area (Å²) in [6.07, 6.45) is -4.61. The van der Waals surface area contributed by atoms with E-state index in [9.17, 15) is 13.2 Å². The molecule has 7 heteroatoms. The molecule has 0 amide bonds. The van der Waals surface area contributed by atoms with E-state index in [0.717, 1.165) is 83.8 Å². The Labute approximate surface area is 392 Å². The van der Waals surface area contributed by atoms with Gasteiger partial charge in [-0.2, -0.15) is 13.2 Å². The minimum atomic E-state index is -4.61. The monoisotopic (exact) mass is 886 g/mol. The quantitative estimate of drug-likeness (QED) is 0.148. The smallest absolute Gasteiger partial charge is 0.309 e. The van der Waals surface area contributed by atoms with Gasteiger partial charge in [-0.1, -0.05) is 120 Å². The molecular formula is C61H41F3N4. The van der Waals surface area contributed by atoms with Crippen molar-refractivity contribution in [2.45, 2.75) is 33.9 Å². The van der Waals surface area contributed by atoms with E-state index < -0.39 is 11.7 Å². The van der Waals surface area contributed by atoms with Gasteiger partial charge in [-0.25, -0.2) is 9.69 Å². The number of hydrogen-bond acceptors (Lipinski definition) is 0. The predicted octanol–water partition coefficient (Wildman–Crippen LogP) is 17.9. The third-order valence-corrected chi connectivity index (χ3v) is 13.4. The summed E-state index contributed by atoms with van der Waals surface area (Å²) in [5.74, 6) is 0. The van der Waals surface area contributed by atoms with Gasteiger partial charge in [0.25, 0.3) is 0 Å². The number of fused-ring (bicyclic) bond motifs is 6. The number of hydrogen-bond donors (Lipinski definition) is 0. The molecule has 4 nitrogen and oxygen atoms in total. The highest BCUT2D eigenvalue weighted by Gasteiger charge is 2.31. The molecular weight excluding hydrogens is 846 g/mol. The maximum atomic E-state index is 14.0. The number of rotatable bonds is 6. The molecule has 68 heavy (non-hydrogen) atoms. The van der Waals surface area contributed by atoms with Crippen LogP contribution in [-0.2, 0) is 6.18 Å². The molecule has 9 aromatic carbocycles. The summed E-state index contributed by atoms with van der Waals surface area (Å²) in [5.41, 5.74) is 16.5. The van der Waals surface area contributed by atoms with E-state index in [1.54, 1.807) is 0 Å². The summed E-state index contributed by atoms with van der Waals surface area (Å²) in [6.45, 7) is 25.0. The zero-order chi connectivity index (χ0) is 47.0. The van der Waals surface area contributed by atoms with Crippen LogP contribution in [0.25, 0.3) is 109 Å². The summed E-state index contributed by atoms with van der Waals surface area (Å²) in [4.78, 5) is 7.68. The van der Waals surface area contributed by atoms with E-state index in [2.05, 4.69) is 156 Å². The molecule has 326 valence electrons. The third kappa shape index (κ3) is 6.91. The van der Waals surface area contributed by atoms with Crippen molar-refractivity contribution in [3.63, 3.8) is 0 Å². The van der Waals surface area contributed by atoms with Crippen LogP contribution in [0.2, 0.25) is 0 Å². The van der Waals surface area contributed by atoms with Crippen molar-refractivity contribution in [3.05, 3.63) is 227 Å². The Hall–Kier alpha value is -8.65. The van der Waals surface area contributed by atoms with E-state index in [4.69, 9.17) is 13.1 Å². The van der Waals surface area contributed by atoms with Crippen molar-refractivity contribution in [1.29, 1.82) is 0 Å². The number of para-hydroxylation sites is 2. The molecule has 0 fully saturated rings. The van der Waals surface area contributed by atoms with Gasteiger partial charge >= 0.3 is 6.18 Å². The van der Waals surface area contributed by atoms with E-state index in [0.29, 0.717) is 27.9 Å². The average Bonchev–Trinajstić information content (AvgIpc) is 3.85. The van der Waals surface area contributed by atoms with Crippen LogP contribution in [0.4, 0.5) is 24.5 Å². The summed E-state index contributed by atoms with van der Waals surface area (Å²) in [6, 6.07) is 57.7. The highest BCUT2D eigenvalue weighted by molar-refractivity contribution is 6.12. The second-order valence-corrected chi connectivity index (χ2v) is 17.7. The van der Waals surface area contributed by atoms with Gasteiger partial charge in [-0.3, -0.25) is 0 Å². The molecule has 0 saturated carbocycles. The zero-order valence-electron chi connectivity index (χ0n) is 37.7. The maximum absolute atomic E-state index is 14.0. The molecule has 11 aromatic rings. The molecule has 0 saturated heterocycles. The zero-order valence-corrected chi connectivity index (χ0v) is 37.7. The fourth-order valence-electron chi connectivity index (χ4n) is 10.2. The van der Waals surface area contributed by atoms with Crippen LogP contribution < -0.4 is 0 Å². The summed E-state index contributed by atoms with van der Waals surface area (Å²) >= 11 is 0. The Morgan fingerprint density at radius 3 is 1.49 bits per heavy atom. The van der Waals surface area contributed by atoms with Crippen LogP contribution in [0.1, 0.15) is 27.8 Å². The van der Waals surface area contributed by atoms with Gasteiger partial charge in [0.05, 0.1) is 40.9 Å². The molecule has 0 unspecified atom stereocenters. The fourth-order valence-corrected chi connectivity index (χ4v) is 10.2. The minimum absolute atomic E-state index is 0.112. The minimum Gasteiger partial charge on any atom is -0.309 e. The fraction of sp³-hybridized carbons (Fsp3) is 0.0820. The van der Waals surface area contributed by atoms with E-state index in [1.807, 2.05) is 48.5 Å². The van der Waals surface area contributed by atoms with Crippen LogP contribution in [0.5, 0.6) is 0 Å². The largest absolute Gasteiger partial charge is 0.415 e. The number of benzene rings is 9. The molecule has 2 heterocycles. The number of halogens is 3. The highest BCUT2D eigenvalue weighted by Crippen LogP contribution is 2.46. The highest BCUT2D eigenvalue weighted by atomic mass is 19.4. The van der Waals surface area contributed by atoms with Crippen LogP contribution in [0.15, 0.2) is 176 Å². The van der Waals surface area contributed by atoms with E-state index >= 15 is 0 Å². The van der Waals surface area contributed by atoms with Crippen molar-refractivity contribution in [2.75, 3.05) is 0 Å². The summed E-state index contributed by atoms with van der Waals surface area (Å²) < 4.78 is 46.4. The van der Waals surface area contributed by atoms with Gasteiger partial charge in [0.15, 0.2) is 11.4 Å². The van der Waals surface area contributed by atoms with Crippen LogP contribution >= 0.6 is 0 Å². The first kappa shape index (κ1) is 42.0. The third-order valence-electron chi connectivity index (χ3n) is 13.4. The Bertz CT molecular complexity index is 3980. The van der Waals surface area contributed by atoms with Crippen LogP contribution in [0.3, 0.4) is 0 Å². The van der Waals surface area contributed by atoms with Crippen molar-refractivity contribution < 1.29 is 13.2 Å². The summed E-state index contributed by atoms with van der Waals surface area (Å²) in [5, 5.41) is 4.28. The average molecular weight is 887 g/mol. The number of nitrogens with zero attached hydrogens (tertiary/aromatic N) is 4. The Balaban J connectivity index is 1.17. The van der Waals surface area contributed by atoms with E-state index in [1.165, 1.54) is 33.9 Å². The molecule has 0 spiro atoms. The Morgan fingerprint density at radius 1 is 0.397 bits per heavy atom. The lowest BCUT2D eigenvalue weighted by Crippen LogP contribution is -2.04. The molecule has 11 rings (SSSR count). The first-order valence-electron chi connectivity index (χ1n) is 22.4. The predicted molar refractivity (Wildman–Crippen MR) is 273 cm³/mol. The van der Waals surface area contributed by atoms with Gasteiger partial charge < -0.3 is 9.13 Å². The van der Waals surface area contributed by atoms with Gasteiger partial charge in [0.2, 0.25) is 0 Å². The SMILES string of the molecule is [C-]#[N+]c1cc(C(F)(F)F)ccc1-c1ccc(-n2c3ccccc3c3cc(-c4ccc(C)cc4C)ccc32)c(-c2cc(-n3c4ccccc4c4cc(-c5ccc(C)cc5C)ccc43)ccc2[N+]#[C-])c1. The molecule has 0 N–H and O–H groups in total. The molecule has 0 aliphatic rings. The molecule has 0 radical (unpaired) electrons. The first-order valence-corrected chi connectivity index (χ1v) is 22.4. The van der Waals surface area contributed by atoms with Crippen molar-refractivity contribution in [3.8, 4) is 55.9 Å². The topological polar surface area (TPSA) is 18.6 Å². The second-order valence-electron chi connectivity index (χ2n) is 17.7. The molecule has 0 aliphatic carbocycles. The van der Waals surface area contributed by atoms with Crippen LogP contribution in [0, 0.1) is 40.8 Å². The number of aromatic nitrogens is 2. The normalized spacial score (nSPS) is 11.7. The summed E-state index contributed by atoms with van der Waals surface area (Å²) in [7, 11) is 0. The number of aryl methyl sites for hydroxylation is 4. The molecule has 0 atom stereocenters. The van der Waals surface area contributed by atoms with Crippen molar-refractivity contribution >= 4 is 55.0 Å². The molecule has 0 bridgehead atoms. The lowest BCUT2D eigenvalue weighted by atomic mass is 9.94. The first-order chi connectivity index (χ1) is 32.9. The van der Waals surface area contributed by atoms with Gasteiger partial charge in [-0.15, -0.1) is 0 Å². The van der Waals surface area contributed by atoms with E-state index in [-0.39, 0.29) is 5.69 Å². The number of alkyl halides is 3. The standard InChI is InChI=1S/C61H41F3N4/c1-36-15-22-45(38(3)29-36)40-17-26-58-51(31-40)48-11-7-9-13-56(48)67(58)44-21-25-54(65-5)50(35-44)53-33-42(47-24-20-43(61(62,63)64)34-55(47)66-6)19-28-60(53)68-57-14-10-8-12-49(57)52-32-41(18-27-59(52)68)46-23-16-37(2)30-39(46)4/h7-35H,1-4H3. The lowest BCUT2D eigenvalue weighted by Gasteiger charge is -2.19. The van der Waals surface area contributed by atoms with Gasteiger partial charge in [0.1, 0.15) is 0 Å². The van der Waals surface area contributed by atoms with Crippen LogP contribution in [-0.4, -0.2) is 9.13 Å². The maximum Gasteiger partial charge on any atom is 0.415 e. The second kappa shape index (κ2) is 16.0. The van der Waals surface area contributed by atoms with Crippen molar-refractivity contribution in [2.24, 2.45) is 0 Å². The molecule has 2 aromatic heterocycles. The Morgan fingerprint density at radius 2 is 0.912 bits per heavy atom. The van der Waals surface area contributed by atoms with Crippen molar-refractivity contribution in [1.82, 2.24) is 9.13 Å². The van der Waals surface area contributed by atoms with Gasteiger partial charge in [-0.05, 0) is 150 Å². The van der Waals surface area contributed by atoms with Gasteiger partial charge in [0, 0.05) is 32.8 Å². The molecule has 0 aliphatic heterocycles. The lowest BCUT2D eigenvalue weighted by molar-refractivity contribution is -0.137. The Kier molecular flexibility index (Phi) is 9.92.